The van der Waals surface area contributed by atoms with Gasteiger partial charge in [0.2, 0.25) is 0 Å². The van der Waals surface area contributed by atoms with Crippen LogP contribution in [0.5, 0.6) is 0 Å². The second kappa shape index (κ2) is 8.37. The van der Waals surface area contributed by atoms with Gasteiger partial charge in [0, 0.05) is 24.4 Å². The fourth-order valence-electron chi connectivity index (χ4n) is 1.96. The maximum atomic E-state index is 3.64. The van der Waals surface area contributed by atoms with E-state index in [-0.39, 0.29) is 0 Å². The van der Waals surface area contributed by atoms with Gasteiger partial charge in [-0.3, -0.25) is 0 Å². The van der Waals surface area contributed by atoms with Gasteiger partial charge in [-0.15, -0.1) is 0 Å². The molecule has 0 radical (unpaired) electrons. The Morgan fingerprint density at radius 1 is 1.19 bits per heavy atom. The third kappa shape index (κ3) is 6.77. The average molecular weight is 244 g/mol. The molecule has 3 heteroatoms. The summed E-state index contributed by atoms with van der Waals surface area (Å²) in [6, 6.07) is 0.598. The Kier molecular flexibility index (Phi) is 7.50. The summed E-state index contributed by atoms with van der Waals surface area (Å²) in [6.45, 7) is 10.2. The van der Waals surface area contributed by atoms with Crippen molar-refractivity contribution in [2.24, 2.45) is 5.92 Å². The Balaban J connectivity index is 1.98. The minimum Gasteiger partial charge on any atom is -0.315 e. The van der Waals surface area contributed by atoms with Crippen LogP contribution in [0, 0.1) is 5.92 Å². The van der Waals surface area contributed by atoms with E-state index < -0.39 is 0 Å². The molecule has 0 saturated carbocycles. The van der Waals surface area contributed by atoms with Gasteiger partial charge in [0.1, 0.15) is 0 Å². The summed E-state index contributed by atoms with van der Waals surface area (Å²) in [5.74, 6) is 2.12. The van der Waals surface area contributed by atoms with Gasteiger partial charge in [-0.05, 0) is 38.0 Å². The third-order valence-electron chi connectivity index (χ3n) is 2.97. The monoisotopic (exact) mass is 244 g/mol. The van der Waals surface area contributed by atoms with E-state index in [1.54, 1.807) is 0 Å². The number of thioether (sulfide) groups is 1. The number of nitrogens with one attached hydrogen (secondary N) is 2. The molecule has 1 fully saturated rings. The summed E-state index contributed by atoms with van der Waals surface area (Å²) in [7, 11) is 0. The van der Waals surface area contributed by atoms with Crippen LogP contribution in [0.15, 0.2) is 0 Å². The molecule has 0 aliphatic carbocycles. The standard InChI is InChI=1S/C13H28N2S/c1-11(2)8-14-9-12(3)15-10-13-6-4-5-7-16-13/h11-15H,4-10H2,1-3H3. The topological polar surface area (TPSA) is 24.1 Å². The Morgan fingerprint density at radius 3 is 2.62 bits per heavy atom. The normalized spacial score (nSPS) is 23.6. The van der Waals surface area contributed by atoms with Gasteiger partial charge in [0.15, 0.2) is 0 Å². The molecule has 0 bridgehead atoms. The Hall–Kier alpha value is 0.270. The summed E-state index contributed by atoms with van der Waals surface area (Å²) in [5.41, 5.74) is 0. The van der Waals surface area contributed by atoms with Crippen LogP contribution in [0.1, 0.15) is 40.0 Å². The van der Waals surface area contributed by atoms with Crippen molar-refractivity contribution in [3.05, 3.63) is 0 Å². The highest BCUT2D eigenvalue weighted by molar-refractivity contribution is 7.99. The lowest BCUT2D eigenvalue weighted by molar-refractivity contribution is 0.465. The minimum absolute atomic E-state index is 0.598. The van der Waals surface area contributed by atoms with Gasteiger partial charge in [-0.1, -0.05) is 20.3 Å². The van der Waals surface area contributed by atoms with Crippen molar-refractivity contribution < 1.29 is 0 Å². The van der Waals surface area contributed by atoms with Crippen LogP contribution in [0.25, 0.3) is 0 Å². The van der Waals surface area contributed by atoms with Gasteiger partial charge in [0.05, 0.1) is 0 Å². The molecule has 0 spiro atoms. The van der Waals surface area contributed by atoms with Crippen molar-refractivity contribution in [3.63, 3.8) is 0 Å². The number of hydrogen-bond acceptors (Lipinski definition) is 3. The second-order valence-electron chi connectivity index (χ2n) is 5.35. The fourth-order valence-corrected chi connectivity index (χ4v) is 3.21. The molecule has 1 aliphatic heterocycles. The number of rotatable bonds is 7. The summed E-state index contributed by atoms with van der Waals surface area (Å²) >= 11 is 2.15. The Morgan fingerprint density at radius 2 is 2.00 bits per heavy atom. The van der Waals surface area contributed by atoms with Crippen LogP contribution < -0.4 is 10.6 Å². The van der Waals surface area contributed by atoms with Gasteiger partial charge < -0.3 is 10.6 Å². The van der Waals surface area contributed by atoms with Crippen molar-refractivity contribution in [2.75, 3.05) is 25.4 Å². The van der Waals surface area contributed by atoms with E-state index in [1.165, 1.54) is 31.6 Å². The second-order valence-corrected chi connectivity index (χ2v) is 6.76. The average Bonchev–Trinajstić information content (AvgIpc) is 2.27. The molecule has 1 saturated heterocycles. The predicted octanol–water partition coefficient (Wildman–Crippen LogP) is 2.50. The minimum atomic E-state index is 0.598. The van der Waals surface area contributed by atoms with Gasteiger partial charge in [0.25, 0.3) is 0 Å². The summed E-state index contributed by atoms with van der Waals surface area (Å²) in [4.78, 5) is 0. The first-order valence-corrected chi connectivity index (χ1v) is 7.79. The zero-order valence-corrected chi connectivity index (χ0v) is 11.9. The van der Waals surface area contributed by atoms with Crippen LogP contribution in [-0.2, 0) is 0 Å². The van der Waals surface area contributed by atoms with E-state index in [1.807, 2.05) is 0 Å². The van der Waals surface area contributed by atoms with E-state index in [0.717, 1.165) is 24.3 Å². The molecule has 2 atom stereocenters. The Labute approximate surface area is 105 Å². The molecular formula is C13H28N2S. The highest BCUT2D eigenvalue weighted by atomic mass is 32.2. The smallest absolute Gasteiger partial charge is 0.0172 e. The van der Waals surface area contributed by atoms with E-state index >= 15 is 0 Å². The van der Waals surface area contributed by atoms with Crippen molar-refractivity contribution in [1.82, 2.24) is 10.6 Å². The van der Waals surface area contributed by atoms with Crippen LogP contribution in [0.3, 0.4) is 0 Å². The van der Waals surface area contributed by atoms with Crippen molar-refractivity contribution in [3.8, 4) is 0 Å². The molecule has 96 valence electrons. The lowest BCUT2D eigenvalue weighted by Crippen LogP contribution is -2.40. The molecule has 1 aliphatic rings. The van der Waals surface area contributed by atoms with Crippen LogP contribution >= 0.6 is 11.8 Å². The number of hydrogen-bond donors (Lipinski definition) is 2. The lowest BCUT2D eigenvalue weighted by Gasteiger charge is -2.24. The van der Waals surface area contributed by atoms with Crippen molar-refractivity contribution in [1.29, 1.82) is 0 Å². The highest BCUT2D eigenvalue weighted by Crippen LogP contribution is 2.24. The maximum absolute atomic E-state index is 3.64. The molecule has 16 heavy (non-hydrogen) atoms. The molecule has 0 aromatic rings. The highest BCUT2D eigenvalue weighted by Gasteiger charge is 2.14. The molecule has 2 unspecified atom stereocenters. The molecule has 1 rings (SSSR count). The first kappa shape index (κ1) is 14.3. The van der Waals surface area contributed by atoms with Gasteiger partial charge in [-0.2, -0.15) is 11.8 Å². The van der Waals surface area contributed by atoms with E-state index in [2.05, 4.69) is 43.2 Å². The molecule has 2 nitrogen and oxygen atoms in total. The van der Waals surface area contributed by atoms with E-state index in [4.69, 9.17) is 0 Å². The molecule has 0 amide bonds. The SMILES string of the molecule is CC(C)CNCC(C)NCC1CCCCS1. The molecular weight excluding hydrogens is 216 g/mol. The molecule has 2 N–H and O–H groups in total. The van der Waals surface area contributed by atoms with Crippen molar-refractivity contribution >= 4 is 11.8 Å². The summed E-state index contributed by atoms with van der Waals surface area (Å²) in [5, 5.41) is 8.01. The zero-order chi connectivity index (χ0) is 11.8. The predicted molar refractivity (Wildman–Crippen MR) is 75.3 cm³/mol. The summed E-state index contributed by atoms with van der Waals surface area (Å²) < 4.78 is 0. The molecule has 1 heterocycles. The van der Waals surface area contributed by atoms with Crippen molar-refractivity contribution in [2.45, 2.75) is 51.3 Å². The van der Waals surface area contributed by atoms with Crippen LogP contribution in [0.4, 0.5) is 0 Å². The molecule has 0 aromatic heterocycles. The summed E-state index contributed by atoms with van der Waals surface area (Å²) in [6.07, 6.45) is 4.26. The first-order chi connectivity index (χ1) is 7.68. The maximum Gasteiger partial charge on any atom is 0.0172 e. The zero-order valence-electron chi connectivity index (χ0n) is 11.1. The first-order valence-electron chi connectivity index (χ1n) is 6.74. The molecule has 0 aromatic carbocycles. The Bertz CT molecular complexity index is 167. The fraction of sp³-hybridized carbons (Fsp3) is 1.00. The van der Waals surface area contributed by atoms with Crippen LogP contribution in [0.2, 0.25) is 0 Å². The quantitative estimate of drug-likeness (QED) is 0.719. The van der Waals surface area contributed by atoms with Crippen LogP contribution in [-0.4, -0.2) is 36.7 Å². The van der Waals surface area contributed by atoms with E-state index in [9.17, 15) is 0 Å². The van der Waals surface area contributed by atoms with Gasteiger partial charge >= 0.3 is 0 Å². The largest absolute Gasteiger partial charge is 0.315 e. The van der Waals surface area contributed by atoms with Gasteiger partial charge in [-0.25, -0.2) is 0 Å². The van der Waals surface area contributed by atoms with E-state index in [0.29, 0.717) is 6.04 Å². The lowest BCUT2D eigenvalue weighted by atomic mass is 10.2. The third-order valence-corrected chi connectivity index (χ3v) is 4.37.